The molecule has 0 bridgehead atoms. The Balaban J connectivity index is 1.83. The van der Waals surface area contributed by atoms with E-state index in [0.29, 0.717) is 26.4 Å². The number of methoxy groups -OCH3 is 2. The number of ether oxygens (including phenoxy) is 2. The quantitative estimate of drug-likeness (QED) is 0.517. The molecule has 1 heterocycles. The number of thiocarbonyl (C=S) groups is 1. The highest BCUT2D eigenvalue weighted by Crippen LogP contribution is 2.38. The Bertz CT molecular complexity index is 979. The van der Waals surface area contributed by atoms with Crippen LogP contribution in [0.25, 0.3) is 6.08 Å². The lowest BCUT2D eigenvalue weighted by molar-refractivity contribution is -0.123. The van der Waals surface area contributed by atoms with Crippen molar-refractivity contribution in [3.63, 3.8) is 0 Å². The summed E-state index contributed by atoms with van der Waals surface area (Å²) in [6, 6.07) is 12.2. The van der Waals surface area contributed by atoms with Crippen molar-refractivity contribution >= 4 is 62.1 Å². The summed E-state index contributed by atoms with van der Waals surface area (Å²) in [5.74, 6) is 0.274. The molecule has 0 saturated carbocycles. The van der Waals surface area contributed by atoms with Gasteiger partial charge in [0.05, 0.1) is 23.6 Å². The highest BCUT2D eigenvalue weighted by Gasteiger charge is 2.33. The van der Waals surface area contributed by atoms with E-state index in [1.54, 1.807) is 55.7 Å². The Morgan fingerprint density at radius 3 is 2.57 bits per heavy atom. The van der Waals surface area contributed by atoms with E-state index in [9.17, 15) is 9.59 Å². The van der Waals surface area contributed by atoms with Gasteiger partial charge < -0.3 is 9.47 Å². The van der Waals surface area contributed by atoms with Crippen LogP contribution in [-0.4, -0.2) is 35.4 Å². The zero-order valence-corrected chi connectivity index (χ0v) is 18.1. The van der Waals surface area contributed by atoms with Gasteiger partial charge in [-0.2, -0.15) is 5.01 Å². The summed E-state index contributed by atoms with van der Waals surface area (Å²) in [6.45, 7) is 0. The predicted octanol–water partition coefficient (Wildman–Crippen LogP) is 4.01. The number of rotatable bonds is 5. The lowest BCUT2D eigenvalue weighted by Crippen LogP contribution is -2.44. The zero-order valence-electron chi connectivity index (χ0n) is 14.9. The molecule has 2 aromatic carbocycles. The molecule has 28 heavy (non-hydrogen) atoms. The maximum absolute atomic E-state index is 12.7. The maximum Gasteiger partial charge on any atom is 0.285 e. The van der Waals surface area contributed by atoms with Gasteiger partial charge in [0.1, 0.15) is 0 Å². The average molecular weight is 479 g/mol. The van der Waals surface area contributed by atoms with Gasteiger partial charge in [0.25, 0.3) is 11.8 Å². The van der Waals surface area contributed by atoms with Crippen molar-refractivity contribution in [1.29, 1.82) is 0 Å². The van der Waals surface area contributed by atoms with Gasteiger partial charge in [-0.3, -0.25) is 15.0 Å². The second-order valence-electron chi connectivity index (χ2n) is 5.56. The maximum atomic E-state index is 12.7. The molecule has 2 aromatic rings. The second kappa shape index (κ2) is 8.76. The van der Waals surface area contributed by atoms with E-state index in [1.807, 2.05) is 0 Å². The van der Waals surface area contributed by atoms with E-state index >= 15 is 0 Å². The Labute approximate surface area is 180 Å². The van der Waals surface area contributed by atoms with Gasteiger partial charge >= 0.3 is 0 Å². The summed E-state index contributed by atoms with van der Waals surface area (Å²) in [7, 11) is 3.08. The molecule has 1 fully saturated rings. The number of carbonyl (C=O) groups is 2. The van der Waals surface area contributed by atoms with Gasteiger partial charge in [-0.05, 0) is 64.1 Å². The third-order valence-electron chi connectivity index (χ3n) is 3.80. The fourth-order valence-corrected chi connectivity index (χ4v) is 4.29. The lowest BCUT2D eigenvalue weighted by atomic mass is 10.2. The van der Waals surface area contributed by atoms with Crippen LogP contribution in [0.15, 0.2) is 51.8 Å². The smallest absolute Gasteiger partial charge is 0.285 e. The highest BCUT2D eigenvalue weighted by atomic mass is 79.9. The SMILES string of the molecule is COc1cc(/C=C2/SC(=S)N(NC(=O)c3ccccc3)C2=O)cc(Br)c1OC. The molecule has 1 aliphatic heterocycles. The third-order valence-corrected chi connectivity index (χ3v) is 5.69. The number of benzene rings is 2. The first-order valence-corrected chi connectivity index (χ1v) is 10.0. The summed E-state index contributed by atoms with van der Waals surface area (Å²) in [6.07, 6.45) is 1.68. The number of nitrogens with one attached hydrogen (secondary N) is 1. The molecule has 1 N–H and O–H groups in total. The van der Waals surface area contributed by atoms with Gasteiger partial charge in [0, 0.05) is 5.56 Å². The van der Waals surface area contributed by atoms with Crippen LogP contribution in [0.2, 0.25) is 0 Å². The summed E-state index contributed by atoms with van der Waals surface area (Å²) in [5.41, 5.74) is 3.71. The molecule has 2 amide bonds. The van der Waals surface area contributed by atoms with Crippen LogP contribution in [-0.2, 0) is 4.79 Å². The topological polar surface area (TPSA) is 67.9 Å². The molecular formula is C19H15BrN2O4S2. The van der Waals surface area contributed by atoms with Gasteiger partial charge in [-0.15, -0.1) is 0 Å². The molecule has 1 aliphatic rings. The Kier molecular flexibility index (Phi) is 6.38. The highest BCUT2D eigenvalue weighted by molar-refractivity contribution is 9.10. The number of halogens is 1. The minimum atomic E-state index is -0.410. The largest absolute Gasteiger partial charge is 0.493 e. The molecule has 3 rings (SSSR count). The average Bonchev–Trinajstić information content (AvgIpc) is 2.95. The first kappa shape index (κ1) is 20.4. The van der Waals surface area contributed by atoms with Gasteiger partial charge in [-0.1, -0.05) is 30.0 Å². The minimum Gasteiger partial charge on any atom is -0.493 e. The number of carbonyl (C=O) groups excluding carboxylic acids is 2. The van der Waals surface area contributed by atoms with Crippen molar-refractivity contribution in [3.05, 3.63) is 63.0 Å². The minimum absolute atomic E-state index is 0.250. The van der Waals surface area contributed by atoms with Crippen molar-refractivity contribution in [2.24, 2.45) is 0 Å². The van der Waals surface area contributed by atoms with Crippen molar-refractivity contribution in [3.8, 4) is 11.5 Å². The second-order valence-corrected chi connectivity index (χ2v) is 8.09. The summed E-state index contributed by atoms with van der Waals surface area (Å²) in [5, 5.41) is 1.08. The molecule has 144 valence electrons. The Morgan fingerprint density at radius 2 is 1.93 bits per heavy atom. The van der Waals surface area contributed by atoms with Crippen LogP contribution in [0.5, 0.6) is 11.5 Å². The van der Waals surface area contributed by atoms with Crippen molar-refractivity contribution in [1.82, 2.24) is 10.4 Å². The van der Waals surface area contributed by atoms with Crippen LogP contribution >= 0.6 is 39.9 Å². The molecule has 0 atom stereocenters. The fourth-order valence-electron chi connectivity index (χ4n) is 2.49. The normalized spacial score (nSPS) is 15.1. The predicted molar refractivity (Wildman–Crippen MR) is 116 cm³/mol. The van der Waals surface area contributed by atoms with Crippen LogP contribution < -0.4 is 14.9 Å². The zero-order chi connectivity index (χ0) is 20.3. The molecule has 0 radical (unpaired) electrons. The van der Waals surface area contributed by atoms with Crippen LogP contribution in [0.3, 0.4) is 0 Å². The molecule has 0 aromatic heterocycles. The summed E-state index contributed by atoms with van der Waals surface area (Å²) >= 11 is 9.79. The van der Waals surface area contributed by atoms with Crippen molar-refractivity contribution in [2.75, 3.05) is 14.2 Å². The first-order valence-electron chi connectivity index (χ1n) is 8.00. The van der Waals surface area contributed by atoms with E-state index < -0.39 is 11.8 Å². The number of nitrogens with zero attached hydrogens (tertiary/aromatic N) is 1. The standard InChI is InChI=1S/C19H15BrN2O4S2/c1-25-14-9-11(8-13(20)16(14)26-2)10-15-18(24)22(19(27)28-15)21-17(23)12-6-4-3-5-7-12/h3-10H,1-2H3,(H,21,23)/b15-10+. The van der Waals surface area contributed by atoms with Gasteiger partial charge in [0.2, 0.25) is 0 Å². The van der Waals surface area contributed by atoms with Crippen LogP contribution in [0, 0.1) is 0 Å². The Hall–Kier alpha value is -2.36. The Morgan fingerprint density at radius 1 is 1.21 bits per heavy atom. The molecule has 0 unspecified atom stereocenters. The van der Waals surface area contributed by atoms with E-state index in [1.165, 1.54) is 7.11 Å². The third kappa shape index (κ3) is 4.21. The monoisotopic (exact) mass is 478 g/mol. The summed E-state index contributed by atoms with van der Waals surface area (Å²) < 4.78 is 11.6. The van der Waals surface area contributed by atoms with E-state index in [0.717, 1.165) is 22.3 Å². The fraction of sp³-hybridized carbons (Fsp3) is 0.105. The van der Waals surface area contributed by atoms with E-state index in [-0.39, 0.29) is 4.32 Å². The first-order chi connectivity index (χ1) is 13.4. The lowest BCUT2D eigenvalue weighted by Gasteiger charge is -2.15. The molecule has 0 spiro atoms. The van der Waals surface area contributed by atoms with Crippen molar-refractivity contribution in [2.45, 2.75) is 0 Å². The molecule has 6 nitrogen and oxygen atoms in total. The van der Waals surface area contributed by atoms with Crippen LogP contribution in [0.4, 0.5) is 0 Å². The molecular weight excluding hydrogens is 464 g/mol. The van der Waals surface area contributed by atoms with E-state index in [4.69, 9.17) is 21.7 Å². The number of hydrogen-bond acceptors (Lipinski definition) is 6. The van der Waals surface area contributed by atoms with Crippen molar-refractivity contribution < 1.29 is 19.1 Å². The number of hydrogen-bond donors (Lipinski definition) is 1. The van der Waals surface area contributed by atoms with Gasteiger partial charge in [-0.25, -0.2) is 0 Å². The van der Waals surface area contributed by atoms with E-state index in [2.05, 4.69) is 21.4 Å². The number of thioether (sulfide) groups is 1. The number of hydrazine groups is 1. The molecule has 1 saturated heterocycles. The molecule has 0 aliphatic carbocycles. The number of amides is 2. The van der Waals surface area contributed by atoms with Gasteiger partial charge in [0.15, 0.2) is 15.8 Å². The van der Waals surface area contributed by atoms with Crippen LogP contribution in [0.1, 0.15) is 15.9 Å². The summed E-state index contributed by atoms with van der Waals surface area (Å²) in [4.78, 5) is 25.4. The molecule has 9 heteroatoms.